The Morgan fingerprint density at radius 2 is 2.06 bits per heavy atom. The lowest BCUT2D eigenvalue weighted by Gasteiger charge is -2.27. The third kappa shape index (κ3) is 3.91. The first kappa shape index (κ1) is 22.0. The molecule has 1 unspecified atom stereocenters. The van der Waals surface area contributed by atoms with Crippen LogP contribution >= 0.6 is 19.6 Å². The molecule has 4 heterocycles. The Bertz CT molecular complexity index is 1360. The van der Waals surface area contributed by atoms with Crippen LogP contribution < -0.4 is 11.3 Å². The van der Waals surface area contributed by atoms with Crippen LogP contribution in [0.25, 0.3) is 11.2 Å². The fraction of sp³-hybridized carbons (Fsp3) is 0.312. The maximum Gasteiger partial charge on any atom is 0.472 e. The number of benzene rings is 1. The Morgan fingerprint density at radius 3 is 2.76 bits per heavy atom. The molecule has 0 amide bonds. The molecule has 2 aliphatic rings. The molecule has 2 saturated heterocycles. The monoisotopic (exact) mass is 498 g/mol. The number of nitrogen functional groups attached to an aromatic ring is 1. The van der Waals surface area contributed by atoms with E-state index in [1.807, 2.05) is 0 Å². The zero-order valence-corrected chi connectivity index (χ0v) is 18.0. The number of aliphatic hydroxyl groups is 1. The zero-order chi connectivity index (χ0) is 23.5. The number of anilines is 1. The van der Waals surface area contributed by atoms with Gasteiger partial charge in [-0.1, -0.05) is 11.8 Å². The van der Waals surface area contributed by atoms with Crippen molar-refractivity contribution in [3.8, 4) is 0 Å². The minimum atomic E-state index is -4.36. The first-order chi connectivity index (χ1) is 15.6. The van der Waals surface area contributed by atoms with Crippen molar-refractivity contribution in [3.05, 3.63) is 44.7 Å². The number of ether oxygens (including phenoxy) is 1. The summed E-state index contributed by atoms with van der Waals surface area (Å²) in [7, 11) is -4.36. The van der Waals surface area contributed by atoms with Crippen LogP contribution in [0, 0.1) is 10.1 Å². The molecular formula is C16H15N6O9PS. The van der Waals surface area contributed by atoms with Gasteiger partial charge in [-0.25, -0.2) is 9.55 Å². The van der Waals surface area contributed by atoms with Gasteiger partial charge in [0.25, 0.3) is 11.2 Å². The van der Waals surface area contributed by atoms with Crippen LogP contribution in [0.5, 0.6) is 0 Å². The molecular weight excluding hydrogens is 483 g/mol. The molecule has 2 aromatic heterocycles. The number of nitro benzene ring substituents is 1. The molecule has 5 rings (SSSR count). The maximum atomic E-state index is 12.4. The van der Waals surface area contributed by atoms with Crippen LogP contribution in [0.2, 0.25) is 0 Å². The van der Waals surface area contributed by atoms with Gasteiger partial charge in [0.1, 0.15) is 18.3 Å². The Kier molecular flexibility index (Phi) is 5.24. The van der Waals surface area contributed by atoms with Crippen molar-refractivity contribution in [2.24, 2.45) is 0 Å². The number of aliphatic hydroxyl groups excluding tert-OH is 1. The van der Waals surface area contributed by atoms with Gasteiger partial charge in [0.05, 0.1) is 11.5 Å². The molecule has 15 nitrogen and oxygen atoms in total. The van der Waals surface area contributed by atoms with E-state index in [2.05, 4.69) is 15.0 Å². The topological polar surface area (TPSA) is 218 Å². The largest absolute Gasteiger partial charge is 0.472 e. The summed E-state index contributed by atoms with van der Waals surface area (Å²) in [5.41, 5.74) is 4.85. The van der Waals surface area contributed by atoms with Gasteiger partial charge >= 0.3 is 7.82 Å². The van der Waals surface area contributed by atoms with E-state index in [0.717, 1.165) is 11.8 Å². The first-order valence-corrected chi connectivity index (χ1v) is 11.6. The summed E-state index contributed by atoms with van der Waals surface area (Å²) in [4.78, 5) is 43.7. The highest BCUT2D eigenvalue weighted by atomic mass is 32.2. The summed E-state index contributed by atoms with van der Waals surface area (Å²) in [6, 6.07) is 5.59. The van der Waals surface area contributed by atoms with Gasteiger partial charge in [-0.05, 0) is 12.1 Å². The number of nitro groups is 1. The summed E-state index contributed by atoms with van der Waals surface area (Å²) in [6.45, 7) is -0.306. The summed E-state index contributed by atoms with van der Waals surface area (Å²) in [6.07, 6.45) is -4.74. The minimum Gasteiger partial charge on any atom is -0.386 e. The van der Waals surface area contributed by atoms with Crippen molar-refractivity contribution < 1.29 is 33.3 Å². The van der Waals surface area contributed by atoms with Crippen molar-refractivity contribution in [2.75, 3.05) is 12.3 Å². The Balaban J connectivity index is 1.59. The van der Waals surface area contributed by atoms with E-state index < -0.39 is 42.8 Å². The molecule has 0 spiro atoms. The predicted octanol–water partition coefficient (Wildman–Crippen LogP) is 0.535. The third-order valence-electron chi connectivity index (χ3n) is 5.01. The summed E-state index contributed by atoms with van der Waals surface area (Å²) in [5.74, 6) is -0.204. The molecule has 2 aliphatic heterocycles. The van der Waals surface area contributed by atoms with Crippen LogP contribution in [0.1, 0.15) is 6.23 Å². The second kappa shape index (κ2) is 7.88. The number of aromatic amines is 1. The van der Waals surface area contributed by atoms with E-state index in [4.69, 9.17) is 19.5 Å². The second-order valence-electron chi connectivity index (χ2n) is 7.13. The molecule has 174 valence electrons. The quantitative estimate of drug-likeness (QED) is 0.219. The fourth-order valence-electron chi connectivity index (χ4n) is 3.57. The standard InChI is InChI=1S/C16H15N6O9PS/c17-15-19-12-9(13(24)20-15)18-16(33-7-3-1-6(2-4-7)22(25)26)21(12)14-10(23)11-8(30-14)5-29-32(27,28)31-11/h1-4,8,10-11,14,23H,5H2,(H,27,28)(H3,17,19,20,24)/t8-,10-,11-,14-/m1/s1. The number of phosphoric acid groups is 1. The number of nitrogens with zero attached hydrogens (tertiary/aromatic N) is 4. The molecule has 0 radical (unpaired) electrons. The van der Waals surface area contributed by atoms with Crippen molar-refractivity contribution in [1.82, 2.24) is 19.5 Å². The molecule has 3 aromatic rings. The molecule has 1 aromatic carbocycles. The predicted molar refractivity (Wildman–Crippen MR) is 110 cm³/mol. The maximum absolute atomic E-state index is 12.4. The number of hydrogen-bond donors (Lipinski definition) is 4. The normalized spacial score (nSPS) is 29.3. The Morgan fingerprint density at radius 1 is 1.33 bits per heavy atom. The smallest absolute Gasteiger partial charge is 0.386 e. The second-order valence-corrected chi connectivity index (χ2v) is 9.58. The number of rotatable bonds is 4. The molecule has 0 bridgehead atoms. The SMILES string of the molecule is Nc1nc2c(nc(Sc3ccc([N+](=O)[O-])cc3)n2[C@@H]2O[C@@H]3COP(=O)(O)O[C@H]3[C@H]2O)c(=O)[nH]1. The van der Waals surface area contributed by atoms with E-state index in [1.54, 1.807) is 0 Å². The zero-order valence-electron chi connectivity index (χ0n) is 16.3. The van der Waals surface area contributed by atoms with Gasteiger partial charge in [0, 0.05) is 17.0 Å². The van der Waals surface area contributed by atoms with Crippen LogP contribution in [0.3, 0.4) is 0 Å². The number of imidazole rings is 1. The van der Waals surface area contributed by atoms with E-state index in [9.17, 15) is 29.5 Å². The molecule has 5 N–H and O–H groups in total. The number of non-ortho nitro benzene ring substituents is 1. The first-order valence-electron chi connectivity index (χ1n) is 9.32. The fourth-order valence-corrected chi connectivity index (χ4v) is 5.45. The van der Waals surface area contributed by atoms with Gasteiger partial charge in [-0.2, -0.15) is 4.98 Å². The highest BCUT2D eigenvalue weighted by Gasteiger charge is 2.53. The van der Waals surface area contributed by atoms with Gasteiger partial charge in [-0.15, -0.1) is 0 Å². The number of phosphoric ester groups is 1. The van der Waals surface area contributed by atoms with E-state index in [0.29, 0.717) is 4.90 Å². The average molecular weight is 498 g/mol. The summed E-state index contributed by atoms with van der Waals surface area (Å²) < 4.78 is 28.7. The van der Waals surface area contributed by atoms with Crippen LogP contribution in [-0.2, 0) is 18.3 Å². The molecule has 33 heavy (non-hydrogen) atoms. The van der Waals surface area contributed by atoms with E-state index in [-0.39, 0.29) is 34.6 Å². The van der Waals surface area contributed by atoms with Gasteiger partial charge < -0.3 is 20.5 Å². The van der Waals surface area contributed by atoms with Crippen LogP contribution in [-0.4, -0.2) is 59.4 Å². The summed E-state index contributed by atoms with van der Waals surface area (Å²) >= 11 is 1.03. The number of hydrogen-bond acceptors (Lipinski definition) is 12. The number of nitrogens with one attached hydrogen (secondary N) is 1. The molecule has 17 heteroatoms. The van der Waals surface area contributed by atoms with E-state index in [1.165, 1.54) is 28.8 Å². The van der Waals surface area contributed by atoms with Gasteiger partial charge in [0.15, 0.2) is 22.5 Å². The molecule has 0 aliphatic carbocycles. The van der Waals surface area contributed by atoms with Gasteiger partial charge in [0.2, 0.25) is 5.95 Å². The number of H-pyrrole nitrogens is 1. The number of nitrogens with two attached hydrogens (primary N) is 1. The lowest BCUT2D eigenvalue weighted by Crippen LogP contribution is -2.39. The number of aromatic nitrogens is 4. The summed E-state index contributed by atoms with van der Waals surface area (Å²) in [5, 5.41) is 21.9. The average Bonchev–Trinajstić information content (AvgIpc) is 3.25. The van der Waals surface area contributed by atoms with Crippen molar-refractivity contribution in [2.45, 2.75) is 34.6 Å². The Hall–Kier alpha value is -2.85. The molecule has 5 atom stereocenters. The van der Waals surface area contributed by atoms with Crippen molar-refractivity contribution >= 4 is 42.4 Å². The van der Waals surface area contributed by atoms with Crippen molar-refractivity contribution in [1.29, 1.82) is 0 Å². The highest BCUT2D eigenvalue weighted by Crippen LogP contribution is 2.53. The molecule has 0 saturated carbocycles. The van der Waals surface area contributed by atoms with Gasteiger partial charge in [-0.3, -0.25) is 33.5 Å². The lowest BCUT2D eigenvalue weighted by atomic mass is 10.1. The van der Waals surface area contributed by atoms with Crippen molar-refractivity contribution in [3.63, 3.8) is 0 Å². The number of fused-ring (bicyclic) bond motifs is 2. The van der Waals surface area contributed by atoms with E-state index >= 15 is 0 Å². The third-order valence-corrected chi connectivity index (χ3v) is 6.98. The molecule has 2 fully saturated rings. The minimum absolute atomic E-state index is 0.00328. The van der Waals surface area contributed by atoms with Crippen LogP contribution in [0.15, 0.2) is 39.1 Å². The van der Waals surface area contributed by atoms with Crippen LogP contribution in [0.4, 0.5) is 11.6 Å². The lowest BCUT2D eigenvalue weighted by molar-refractivity contribution is -0.384. The highest BCUT2D eigenvalue weighted by molar-refractivity contribution is 7.99. The Labute approximate surface area is 187 Å².